The van der Waals surface area contributed by atoms with Gasteiger partial charge in [0, 0.05) is 18.0 Å². The van der Waals surface area contributed by atoms with Crippen molar-refractivity contribution in [1.82, 2.24) is 20.4 Å². The lowest BCUT2D eigenvalue weighted by molar-refractivity contribution is 0.297. The minimum Gasteiger partial charge on any atom is -0.337 e. The summed E-state index contributed by atoms with van der Waals surface area (Å²) in [7, 11) is 0. The number of pyridine rings is 1. The first-order chi connectivity index (χ1) is 8.43. The summed E-state index contributed by atoms with van der Waals surface area (Å²) < 4.78 is 5.31. The molecule has 0 bridgehead atoms. The molecular weight excluding hydrogens is 252 g/mol. The molecule has 0 amide bonds. The van der Waals surface area contributed by atoms with Crippen molar-refractivity contribution in [3.8, 4) is 11.4 Å². The van der Waals surface area contributed by atoms with E-state index in [-0.39, 0.29) is 18.4 Å². The Bertz CT molecular complexity index is 482. The Morgan fingerprint density at radius 2 is 2.28 bits per heavy atom. The minimum absolute atomic E-state index is 0. The highest BCUT2D eigenvalue weighted by atomic mass is 35.5. The average Bonchev–Trinajstić information content (AvgIpc) is 2.90. The second-order valence-corrected chi connectivity index (χ2v) is 4.20. The number of nitrogens with one attached hydrogen (secondary N) is 1. The Morgan fingerprint density at radius 3 is 3.00 bits per heavy atom. The summed E-state index contributed by atoms with van der Waals surface area (Å²) in [4.78, 5) is 8.47. The first-order valence-electron chi connectivity index (χ1n) is 5.91. The number of nitrogens with zero attached hydrogens (tertiary/aromatic N) is 3. The number of piperidine rings is 1. The Balaban J connectivity index is 0.00000120. The lowest BCUT2D eigenvalue weighted by Gasteiger charge is -2.19. The molecular formula is C12H15ClN4O. The van der Waals surface area contributed by atoms with Crippen LogP contribution in [0.4, 0.5) is 0 Å². The Kier molecular flexibility index (Phi) is 4.28. The van der Waals surface area contributed by atoms with Gasteiger partial charge in [-0.05, 0) is 31.5 Å². The molecule has 1 saturated heterocycles. The molecule has 2 aromatic rings. The van der Waals surface area contributed by atoms with Crippen LogP contribution in [-0.4, -0.2) is 21.7 Å². The molecule has 1 aliphatic rings. The second kappa shape index (κ2) is 5.93. The van der Waals surface area contributed by atoms with Crippen molar-refractivity contribution in [3.63, 3.8) is 0 Å². The van der Waals surface area contributed by atoms with Gasteiger partial charge in [0.25, 0.3) is 0 Å². The van der Waals surface area contributed by atoms with E-state index in [1.807, 2.05) is 12.1 Å². The van der Waals surface area contributed by atoms with Gasteiger partial charge in [0.15, 0.2) is 0 Å². The quantitative estimate of drug-likeness (QED) is 0.904. The van der Waals surface area contributed by atoms with E-state index in [1.165, 1.54) is 12.8 Å². The van der Waals surface area contributed by atoms with Crippen LogP contribution in [0.25, 0.3) is 11.4 Å². The fraction of sp³-hybridized carbons (Fsp3) is 0.417. The second-order valence-electron chi connectivity index (χ2n) is 4.20. The van der Waals surface area contributed by atoms with Gasteiger partial charge in [-0.25, -0.2) is 0 Å². The fourth-order valence-corrected chi connectivity index (χ4v) is 2.05. The standard InChI is InChI=1S/C12H14N4O.ClH/c1-2-7-14-10(5-1)12-15-11(16-17-12)9-4-3-6-13-8-9;/h3-4,6,8,10,14H,1-2,5,7H2;1H. The summed E-state index contributed by atoms with van der Waals surface area (Å²) in [6.07, 6.45) is 6.97. The van der Waals surface area contributed by atoms with Crippen LogP contribution in [0.3, 0.4) is 0 Å². The average molecular weight is 267 g/mol. The third-order valence-corrected chi connectivity index (χ3v) is 2.97. The van der Waals surface area contributed by atoms with Crippen LogP contribution in [0.2, 0.25) is 0 Å². The molecule has 1 unspecified atom stereocenters. The van der Waals surface area contributed by atoms with E-state index in [9.17, 15) is 0 Å². The summed E-state index contributed by atoms with van der Waals surface area (Å²) in [5.41, 5.74) is 0.887. The molecule has 1 N–H and O–H groups in total. The van der Waals surface area contributed by atoms with Gasteiger partial charge in [-0.2, -0.15) is 4.98 Å². The zero-order valence-electron chi connectivity index (χ0n) is 9.87. The maximum Gasteiger partial charge on any atom is 0.244 e. The van der Waals surface area contributed by atoms with Gasteiger partial charge in [-0.1, -0.05) is 11.6 Å². The zero-order valence-corrected chi connectivity index (χ0v) is 10.7. The summed E-state index contributed by atoms with van der Waals surface area (Å²) in [6, 6.07) is 4.00. The van der Waals surface area contributed by atoms with Gasteiger partial charge in [0.05, 0.1) is 6.04 Å². The van der Waals surface area contributed by atoms with Crippen molar-refractivity contribution in [2.45, 2.75) is 25.3 Å². The number of aromatic nitrogens is 3. The third kappa shape index (κ3) is 2.68. The van der Waals surface area contributed by atoms with E-state index in [1.54, 1.807) is 12.4 Å². The van der Waals surface area contributed by atoms with Gasteiger partial charge < -0.3 is 9.84 Å². The van der Waals surface area contributed by atoms with Crippen LogP contribution in [0.1, 0.15) is 31.2 Å². The number of halogens is 1. The highest BCUT2D eigenvalue weighted by Crippen LogP contribution is 2.23. The molecule has 0 aromatic carbocycles. The van der Waals surface area contributed by atoms with Crippen LogP contribution >= 0.6 is 12.4 Å². The molecule has 6 heteroatoms. The Hall–Kier alpha value is -1.46. The Labute approximate surface area is 111 Å². The SMILES string of the molecule is Cl.c1cncc(-c2noc(C3CCCCN3)n2)c1. The van der Waals surface area contributed by atoms with Crippen LogP contribution in [0, 0.1) is 0 Å². The van der Waals surface area contributed by atoms with E-state index in [0.29, 0.717) is 11.7 Å². The van der Waals surface area contributed by atoms with Crippen LogP contribution in [-0.2, 0) is 0 Å². The molecule has 3 heterocycles. The molecule has 96 valence electrons. The molecule has 0 radical (unpaired) electrons. The van der Waals surface area contributed by atoms with Gasteiger partial charge in [-0.15, -0.1) is 12.4 Å². The highest BCUT2D eigenvalue weighted by molar-refractivity contribution is 5.85. The normalized spacial score (nSPS) is 19.2. The van der Waals surface area contributed by atoms with Gasteiger partial charge in [0.1, 0.15) is 0 Å². The number of hydrogen-bond donors (Lipinski definition) is 1. The van der Waals surface area contributed by atoms with Crippen LogP contribution < -0.4 is 5.32 Å². The first kappa shape index (κ1) is 13.0. The summed E-state index contributed by atoms with van der Waals surface area (Å²) in [6.45, 7) is 1.02. The van der Waals surface area contributed by atoms with Crippen molar-refractivity contribution in [2.24, 2.45) is 0 Å². The molecule has 0 saturated carbocycles. The van der Waals surface area contributed by atoms with Gasteiger partial charge in [0.2, 0.25) is 11.7 Å². The monoisotopic (exact) mass is 266 g/mol. The summed E-state index contributed by atoms with van der Waals surface area (Å²) in [5.74, 6) is 1.30. The van der Waals surface area contributed by atoms with E-state index >= 15 is 0 Å². The summed E-state index contributed by atoms with van der Waals surface area (Å²) >= 11 is 0. The largest absolute Gasteiger partial charge is 0.337 e. The van der Waals surface area contributed by atoms with Crippen LogP contribution in [0.15, 0.2) is 29.0 Å². The molecule has 0 spiro atoms. The highest BCUT2D eigenvalue weighted by Gasteiger charge is 2.21. The zero-order chi connectivity index (χ0) is 11.5. The van der Waals surface area contributed by atoms with Crippen molar-refractivity contribution < 1.29 is 4.52 Å². The predicted octanol–water partition coefficient (Wildman–Crippen LogP) is 2.37. The number of rotatable bonds is 2. The maximum atomic E-state index is 5.31. The predicted molar refractivity (Wildman–Crippen MR) is 69.4 cm³/mol. The molecule has 2 aromatic heterocycles. The third-order valence-electron chi connectivity index (χ3n) is 2.97. The van der Waals surface area contributed by atoms with Crippen molar-refractivity contribution in [1.29, 1.82) is 0 Å². The van der Waals surface area contributed by atoms with Gasteiger partial charge in [-0.3, -0.25) is 4.98 Å². The minimum atomic E-state index is 0. The van der Waals surface area contributed by atoms with Crippen molar-refractivity contribution >= 4 is 12.4 Å². The molecule has 1 aliphatic heterocycles. The lowest BCUT2D eigenvalue weighted by Crippen LogP contribution is -2.26. The molecule has 1 fully saturated rings. The molecule has 3 rings (SSSR count). The smallest absolute Gasteiger partial charge is 0.244 e. The summed E-state index contributed by atoms with van der Waals surface area (Å²) in [5, 5.41) is 7.38. The van der Waals surface area contributed by atoms with E-state index in [0.717, 1.165) is 18.5 Å². The van der Waals surface area contributed by atoms with E-state index in [2.05, 4.69) is 20.4 Å². The van der Waals surface area contributed by atoms with Gasteiger partial charge >= 0.3 is 0 Å². The molecule has 18 heavy (non-hydrogen) atoms. The molecule has 0 aliphatic carbocycles. The van der Waals surface area contributed by atoms with Crippen LogP contribution in [0.5, 0.6) is 0 Å². The van der Waals surface area contributed by atoms with E-state index < -0.39 is 0 Å². The maximum absolute atomic E-state index is 5.31. The van der Waals surface area contributed by atoms with Crippen molar-refractivity contribution in [2.75, 3.05) is 6.54 Å². The number of hydrogen-bond acceptors (Lipinski definition) is 5. The molecule has 5 nitrogen and oxygen atoms in total. The fourth-order valence-electron chi connectivity index (χ4n) is 2.05. The van der Waals surface area contributed by atoms with E-state index in [4.69, 9.17) is 4.52 Å². The first-order valence-corrected chi connectivity index (χ1v) is 5.91. The van der Waals surface area contributed by atoms with Crippen molar-refractivity contribution in [3.05, 3.63) is 30.4 Å². The molecule has 1 atom stereocenters. The Morgan fingerprint density at radius 1 is 1.33 bits per heavy atom. The lowest BCUT2D eigenvalue weighted by atomic mass is 10.1. The topological polar surface area (TPSA) is 63.8 Å².